The number of carbonyl (C=O) groups is 2. The molecular formula is C18H23N3O3S. The Bertz CT molecular complexity index is 716. The molecule has 134 valence electrons. The summed E-state index contributed by atoms with van der Waals surface area (Å²) in [7, 11) is 3.68. The molecule has 1 aromatic carbocycles. The van der Waals surface area contributed by atoms with Crippen LogP contribution in [0.2, 0.25) is 0 Å². The van der Waals surface area contributed by atoms with Crippen LogP contribution in [0.15, 0.2) is 36.4 Å². The van der Waals surface area contributed by atoms with E-state index in [0.717, 1.165) is 41.6 Å². The third-order valence-corrected chi connectivity index (χ3v) is 4.71. The van der Waals surface area contributed by atoms with Gasteiger partial charge in [0.15, 0.2) is 0 Å². The number of thioether (sulfide) groups is 1. The fourth-order valence-corrected chi connectivity index (χ4v) is 3.16. The summed E-state index contributed by atoms with van der Waals surface area (Å²) >= 11 is 1.12. The molecule has 0 spiro atoms. The minimum atomic E-state index is -0.898. The lowest BCUT2D eigenvalue weighted by molar-refractivity contribution is -0.133. The highest BCUT2D eigenvalue weighted by Crippen LogP contribution is 2.19. The Kier molecular flexibility index (Phi) is 7.06. The molecular weight excluding hydrogens is 338 g/mol. The number of aliphatic carboxylic acids is 1. The van der Waals surface area contributed by atoms with Crippen molar-refractivity contribution in [2.75, 3.05) is 25.1 Å². The molecule has 0 saturated heterocycles. The Morgan fingerprint density at radius 2 is 1.96 bits per heavy atom. The van der Waals surface area contributed by atoms with Crippen LogP contribution in [0.4, 0.5) is 0 Å². The van der Waals surface area contributed by atoms with E-state index in [2.05, 4.69) is 23.3 Å². The summed E-state index contributed by atoms with van der Waals surface area (Å²) < 4.78 is 1.88. The number of rotatable bonds is 9. The molecule has 0 radical (unpaired) electrons. The van der Waals surface area contributed by atoms with E-state index in [1.165, 1.54) is 0 Å². The zero-order valence-corrected chi connectivity index (χ0v) is 15.3. The lowest BCUT2D eigenvalue weighted by Gasteiger charge is -2.16. The summed E-state index contributed by atoms with van der Waals surface area (Å²) in [6, 6.07) is 12.2. The molecule has 0 unspecified atom stereocenters. The Morgan fingerprint density at radius 1 is 1.24 bits per heavy atom. The van der Waals surface area contributed by atoms with Gasteiger partial charge >= 0.3 is 5.97 Å². The van der Waals surface area contributed by atoms with Gasteiger partial charge in [-0.3, -0.25) is 14.3 Å². The first-order chi connectivity index (χ1) is 12.0. The molecule has 0 saturated carbocycles. The van der Waals surface area contributed by atoms with Gasteiger partial charge in [-0.2, -0.15) is 5.10 Å². The predicted molar refractivity (Wildman–Crippen MR) is 99.6 cm³/mol. The molecule has 0 aliphatic heterocycles. The average molecular weight is 361 g/mol. The lowest BCUT2D eigenvalue weighted by atomic mass is 10.1. The molecule has 0 bridgehead atoms. The van der Waals surface area contributed by atoms with Gasteiger partial charge in [0.05, 0.1) is 22.9 Å². The van der Waals surface area contributed by atoms with E-state index in [-0.39, 0.29) is 17.4 Å². The van der Waals surface area contributed by atoms with Crippen molar-refractivity contribution in [3.8, 4) is 11.3 Å². The van der Waals surface area contributed by atoms with Crippen LogP contribution >= 0.6 is 11.8 Å². The Morgan fingerprint density at radius 3 is 2.64 bits per heavy atom. The van der Waals surface area contributed by atoms with Crippen molar-refractivity contribution < 1.29 is 14.7 Å². The molecule has 0 atom stereocenters. The molecule has 6 nitrogen and oxygen atoms in total. The highest BCUT2D eigenvalue weighted by molar-refractivity contribution is 8.00. The summed E-state index contributed by atoms with van der Waals surface area (Å²) in [5, 5.41) is 13.1. The first-order valence-corrected chi connectivity index (χ1v) is 9.24. The SMILES string of the molecule is CN(CCCc1cc(-c2ccccc2)n(C)n1)C(=O)CSCC(=O)O. The van der Waals surface area contributed by atoms with Gasteiger partial charge in [-0.05, 0) is 24.5 Å². The van der Waals surface area contributed by atoms with Gasteiger partial charge in [-0.15, -0.1) is 11.8 Å². The highest BCUT2D eigenvalue weighted by Gasteiger charge is 2.11. The fourth-order valence-electron chi connectivity index (χ4n) is 2.49. The molecule has 0 fully saturated rings. The second kappa shape index (κ2) is 9.27. The molecule has 1 amide bonds. The first kappa shape index (κ1) is 19.1. The third-order valence-electron chi connectivity index (χ3n) is 3.80. The maximum atomic E-state index is 11.9. The maximum Gasteiger partial charge on any atom is 0.313 e. The normalized spacial score (nSPS) is 10.6. The minimum absolute atomic E-state index is 0.0442. The van der Waals surface area contributed by atoms with Crippen molar-refractivity contribution in [2.45, 2.75) is 12.8 Å². The molecule has 1 N–H and O–H groups in total. The van der Waals surface area contributed by atoms with Gasteiger partial charge in [-0.1, -0.05) is 30.3 Å². The van der Waals surface area contributed by atoms with E-state index in [4.69, 9.17) is 5.11 Å². The largest absolute Gasteiger partial charge is 0.481 e. The van der Waals surface area contributed by atoms with E-state index in [1.54, 1.807) is 11.9 Å². The highest BCUT2D eigenvalue weighted by atomic mass is 32.2. The van der Waals surface area contributed by atoms with Crippen LogP contribution in [0.1, 0.15) is 12.1 Å². The smallest absolute Gasteiger partial charge is 0.313 e. The third kappa shape index (κ3) is 5.94. The van der Waals surface area contributed by atoms with Crippen LogP contribution in [0, 0.1) is 0 Å². The van der Waals surface area contributed by atoms with E-state index in [9.17, 15) is 9.59 Å². The van der Waals surface area contributed by atoms with Gasteiger partial charge < -0.3 is 10.0 Å². The Hall–Kier alpha value is -2.28. The molecule has 25 heavy (non-hydrogen) atoms. The van der Waals surface area contributed by atoms with Gasteiger partial charge in [-0.25, -0.2) is 0 Å². The summed E-state index contributed by atoms with van der Waals surface area (Å²) in [5.41, 5.74) is 3.21. The predicted octanol–water partition coefficient (Wildman–Crippen LogP) is 2.30. The molecule has 7 heteroatoms. The number of benzene rings is 1. The molecule has 2 rings (SSSR count). The summed E-state index contributed by atoms with van der Waals surface area (Å²) in [6.07, 6.45) is 1.61. The van der Waals surface area contributed by atoms with E-state index in [1.807, 2.05) is 29.9 Å². The van der Waals surface area contributed by atoms with Gasteiger partial charge in [0.2, 0.25) is 5.91 Å². The maximum absolute atomic E-state index is 11.9. The Balaban J connectivity index is 1.80. The number of hydrogen-bond donors (Lipinski definition) is 1. The van der Waals surface area contributed by atoms with Crippen molar-refractivity contribution in [1.29, 1.82) is 0 Å². The van der Waals surface area contributed by atoms with E-state index >= 15 is 0 Å². The molecule has 0 aliphatic rings. The van der Waals surface area contributed by atoms with Crippen LogP contribution in [0.3, 0.4) is 0 Å². The second-order valence-electron chi connectivity index (χ2n) is 5.82. The lowest BCUT2D eigenvalue weighted by Crippen LogP contribution is -2.29. The molecule has 0 aliphatic carbocycles. The zero-order chi connectivity index (χ0) is 18.2. The first-order valence-electron chi connectivity index (χ1n) is 8.09. The number of aromatic nitrogens is 2. The topological polar surface area (TPSA) is 75.4 Å². The van der Waals surface area contributed by atoms with Gasteiger partial charge in [0.1, 0.15) is 0 Å². The molecule has 1 aromatic heterocycles. The minimum Gasteiger partial charge on any atom is -0.481 e. The second-order valence-corrected chi connectivity index (χ2v) is 6.80. The number of carboxylic acids is 1. The number of carbonyl (C=O) groups excluding carboxylic acids is 1. The van der Waals surface area contributed by atoms with Crippen LogP contribution in [-0.2, 0) is 23.1 Å². The monoisotopic (exact) mass is 361 g/mol. The van der Waals surface area contributed by atoms with E-state index < -0.39 is 5.97 Å². The average Bonchev–Trinajstić information content (AvgIpc) is 2.95. The standard InChI is InChI=1S/C18H23N3O3S/c1-20(17(22)12-25-13-18(23)24)10-6-9-15-11-16(21(2)19-15)14-7-4-3-5-8-14/h3-5,7-8,11H,6,9-10,12-13H2,1-2H3,(H,23,24). The summed E-state index contributed by atoms with van der Waals surface area (Å²) in [6.45, 7) is 0.629. The van der Waals surface area contributed by atoms with Crippen LogP contribution in [0.5, 0.6) is 0 Å². The number of nitrogens with zero attached hydrogens (tertiary/aromatic N) is 3. The number of carboxylic acid groups (broad SMARTS) is 1. The number of aryl methyl sites for hydroxylation is 2. The Labute approximate surface area is 151 Å². The van der Waals surface area contributed by atoms with Crippen molar-refractivity contribution in [3.63, 3.8) is 0 Å². The van der Waals surface area contributed by atoms with Crippen molar-refractivity contribution >= 4 is 23.6 Å². The van der Waals surface area contributed by atoms with Crippen molar-refractivity contribution in [2.24, 2.45) is 7.05 Å². The van der Waals surface area contributed by atoms with Crippen LogP contribution in [-0.4, -0.2) is 56.8 Å². The van der Waals surface area contributed by atoms with Crippen LogP contribution < -0.4 is 0 Å². The quantitative estimate of drug-likeness (QED) is 0.742. The summed E-state index contributed by atoms with van der Waals surface area (Å²) in [4.78, 5) is 24.0. The number of amides is 1. The fraction of sp³-hybridized carbons (Fsp3) is 0.389. The van der Waals surface area contributed by atoms with Crippen molar-refractivity contribution in [3.05, 3.63) is 42.1 Å². The number of hydrogen-bond acceptors (Lipinski definition) is 4. The van der Waals surface area contributed by atoms with Crippen molar-refractivity contribution in [1.82, 2.24) is 14.7 Å². The van der Waals surface area contributed by atoms with Gasteiger partial charge in [0, 0.05) is 20.6 Å². The molecule has 1 heterocycles. The zero-order valence-electron chi connectivity index (χ0n) is 14.5. The molecule has 2 aromatic rings. The van der Waals surface area contributed by atoms with Crippen LogP contribution in [0.25, 0.3) is 11.3 Å². The summed E-state index contributed by atoms with van der Waals surface area (Å²) in [5.74, 6) is -0.789. The van der Waals surface area contributed by atoms with Gasteiger partial charge in [0.25, 0.3) is 0 Å². The van der Waals surface area contributed by atoms with E-state index in [0.29, 0.717) is 6.54 Å².